The minimum absolute atomic E-state index is 0.0927. The molecule has 61 heavy (non-hydrogen) atoms. The Balaban J connectivity index is 0.946. The van der Waals surface area contributed by atoms with E-state index in [4.69, 9.17) is 14.7 Å². The van der Waals surface area contributed by atoms with Gasteiger partial charge in [0, 0.05) is 18.7 Å². The van der Waals surface area contributed by atoms with E-state index in [0.29, 0.717) is 6.54 Å². The lowest BCUT2D eigenvalue weighted by Gasteiger charge is -2.34. The van der Waals surface area contributed by atoms with Gasteiger partial charge in [-0.25, -0.2) is 14.8 Å². The van der Waals surface area contributed by atoms with Crippen LogP contribution >= 0.6 is 0 Å². The van der Waals surface area contributed by atoms with Crippen molar-refractivity contribution in [1.82, 2.24) is 40.0 Å². The molecule has 12 heteroatoms. The van der Waals surface area contributed by atoms with Gasteiger partial charge in [-0.05, 0) is 89.8 Å². The Kier molecular flexibility index (Phi) is 12.3. The summed E-state index contributed by atoms with van der Waals surface area (Å²) in [5.41, 5.74) is 7.12. The topological polar surface area (TPSA) is 140 Å². The van der Waals surface area contributed by atoms with Gasteiger partial charge in [-0.15, -0.1) is 0 Å². The number of fused-ring (bicyclic) bond motifs is 1. The molecule has 6 aromatic rings. The van der Waals surface area contributed by atoms with Crippen molar-refractivity contribution in [3.8, 4) is 33.6 Å². The van der Waals surface area contributed by atoms with Crippen molar-refractivity contribution in [1.29, 1.82) is 0 Å². The summed E-state index contributed by atoms with van der Waals surface area (Å²) in [5.74, 6) is 1.48. The maximum absolute atomic E-state index is 14.3. The monoisotopic (exact) mass is 820 g/mol. The highest BCUT2D eigenvalue weighted by Gasteiger charge is 2.39. The Labute approximate surface area is 357 Å². The highest BCUT2D eigenvalue weighted by Crippen LogP contribution is 2.37. The lowest BCUT2D eigenvalue weighted by atomic mass is 9.98. The predicted molar refractivity (Wildman–Crippen MR) is 238 cm³/mol. The standard InChI is InChI=1S/C49H56N8O4/c1-6-55(7-2)44(34-13-9-8-10-14-34)48(59)57-26-12-16-42(57)46-50-29-39(52-46)33-19-17-32(18-20-33)35-21-22-37-28-38(24-23-36(37)27-35)40-30-51-45(53-40)41-15-11-25-56(41)47(58)43(31(3)4)54-49(60)61-5/h8-10,13-14,17-24,27-31,41-44H,6-7,11-12,15-16,25-26H2,1-5H3,(H,50,52)(H,51,53)(H,54,60)/t41-,42-,43-,44?/m0/s1. The first-order valence-corrected chi connectivity index (χ1v) is 21.7. The summed E-state index contributed by atoms with van der Waals surface area (Å²) in [4.78, 5) is 62.6. The van der Waals surface area contributed by atoms with E-state index in [1.807, 2.05) is 54.2 Å². The molecule has 316 valence electrons. The van der Waals surface area contributed by atoms with Crippen molar-refractivity contribution in [3.05, 3.63) is 121 Å². The van der Waals surface area contributed by atoms with Crippen molar-refractivity contribution in [2.75, 3.05) is 33.3 Å². The smallest absolute Gasteiger partial charge is 0.407 e. The van der Waals surface area contributed by atoms with Crippen molar-refractivity contribution in [3.63, 3.8) is 0 Å². The van der Waals surface area contributed by atoms with E-state index >= 15 is 0 Å². The summed E-state index contributed by atoms with van der Waals surface area (Å²) < 4.78 is 4.78. The molecule has 2 aromatic heterocycles. The van der Waals surface area contributed by atoms with E-state index in [2.05, 4.69) is 107 Å². The number of ether oxygens (including phenoxy) is 1. The first kappa shape index (κ1) is 41.5. The Morgan fingerprint density at radius 3 is 1.82 bits per heavy atom. The lowest BCUT2D eigenvalue weighted by molar-refractivity contribution is -0.138. The molecule has 2 fully saturated rings. The minimum atomic E-state index is -0.681. The average Bonchev–Trinajstić information content (AvgIpc) is 4.14. The molecule has 4 heterocycles. The van der Waals surface area contributed by atoms with Crippen LogP contribution in [0.2, 0.25) is 0 Å². The van der Waals surface area contributed by atoms with Crippen molar-refractivity contribution in [2.24, 2.45) is 5.92 Å². The van der Waals surface area contributed by atoms with E-state index in [9.17, 15) is 14.4 Å². The van der Waals surface area contributed by atoms with Crippen LogP contribution in [0.4, 0.5) is 4.79 Å². The second-order valence-electron chi connectivity index (χ2n) is 16.5. The first-order chi connectivity index (χ1) is 29.7. The van der Waals surface area contributed by atoms with Crippen LogP contribution in [0.5, 0.6) is 0 Å². The van der Waals surface area contributed by atoms with E-state index < -0.39 is 12.1 Å². The summed E-state index contributed by atoms with van der Waals surface area (Å²) in [7, 11) is 1.30. The van der Waals surface area contributed by atoms with E-state index in [1.54, 1.807) is 0 Å². The van der Waals surface area contributed by atoms with Gasteiger partial charge in [0.25, 0.3) is 0 Å². The van der Waals surface area contributed by atoms with Crippen molar-refractivity contribution >= 4 is 28.7 Å². The number of hydrogen-bond donors (Lipinski definition) is 3. The van der Waals surface area contributed by atoms with E-state index in [-0.39, 0.29) is 35.9 Å². The molecule has 0 saturated carbocycles. The average molecular weight is 821 g/mol. The molecular weight excluding hydrogens is 765 g/mol. The summed E-state index contributed by atoms with van der Waals surface area (Å²) in [5, 5.41) is 4.95. The fraction of sp³-hybridized carbons (Fsp3) is 0.367. The summed E-state index contributed by atoms with van der Waals surface area (Å²) in [6.45, 7) is 11.0. The maximum Gasteiger partial charge on any atom is 0.407 e. The molecule has 3 N–H and O–H groups in total. The zero-order chi connectivity index (χ0) is 42.6. The second-order valence-corrected chi connectivity index (χ2v) is 16.5. The van der Waals surface area contributed by atoms with Crippen LogP contribution in [0, 0.1) is 5.92 Å². The van der Waals surface area contributed by atoms with Crippen LogP contribution in [0.25, 0.3) is 44.4 Å². The van der Waals surface area contributed by atoms with Gasteiger partial charge < -0.3 is 29.8 Å². The Morgan fingerprint density at radius 1 is 0.721 bits per heavy atom. The van der Waals surface area contributed by atoms with Crippen molar-refractivity contribution < 1.29 is 19.1 Å². The number of hydrogen-bond acceptors (Lipinski definition) is 7. The molecule has 0 aliphatic carbocycles. The number of likely N-dealkylation sites (tertiary alicyclic amines) is 2. The highest BCUT2D eigenvalue weighted by molar-refractivity contribution is 5.91. The van der Waals surface area contributed by atoms with Gasteiger partial charge in [-0.1, -0.05) is 107 Å². The number of nitrogens with zero attached hydrogens (tertiary/aromatic N) is 5. The predicted octanol–water partition coefficient (Wildman–Crippen LogP) is 9.08. The first-order valence-electron chi connectivity index (χ1n) is 21.7. The molecule has 2 saturated heterocycles. The Hall–Kier alpha value is -6.27. The number of imidazole rings is 2. The fourth-order valence-corrected chi connectivity index (χ4v) is 9.14. The lowest BCUT2D eigenvalue weighted by Crippen LogP contribution is -2.51. The zero-order valence-electron chi connectivity index (χ0n) is 35.7. The molecular formula is C49H56N8O4. The van der Waals surface area contributed by atoms with Gasteiger partial charge >= 0.3 is 6.09 Å². The third-order valence-electron chi connectivity index (χ3n) is 12.5. The molecule has 4 atom stereocenters. The molecule has 2 aliphatic heterocycles. The van der Waals surface area contributed by atoms with Gasteiger partial charge in [-0.3, -0.25) is 14.5 Å². The number of methoxy groups -OCH3 is 1. The number of H-pyrrole nitrogens is 2. The maximum atomic E-state index is 14.3. The van der Waals surface area contributed by atoms with E-state index in [1.165, 1.54) is 7.11 Å². The van der Waals surface area contributed by atoms with E-state index in [0.717, 1.165) is 107 Å². The van der Waals surface area contributed by atoms with Gasteiger partial charge in [0.05, 0.1) is 43.0 Å². The third-order valence-corrected chi connectivity index (χ3v) is 12.5. The Bertz CT molecular complexity index is 2470. The number of alkyl carbamates (subject to hydrolysis) is 1. The summed E-state index contributed by atoms with van der Waals surface area (Å²) in [6, 6.07) is 30.3. The molecule has 2 aliphatic rings. The molecule has 1 unspecified atom stereocenters. The summed E-state index contributed by atoms with van der Waals surface area (Å²) in [6.07, 6.45) is 6.58. The van der Waals surface area contributed by atoms with Gasteiger partial charge in [0.2, 0.25) is 11.8 Å². The molecule has 0 radical (unpaired) electrons. The Morgan fingerprint density at radius 2 is 1.25 bits per heavy atom. The summed E-state index contributed by atoms with van der Waals surface area (Å²) >= 11 is 0. The van der Waals surface area contributed by atoms with Crippen LogP contribution in [0.1, 0.15) is 88.7 Å². The van der Waals surface area contributed by atoms with Crippen LogP contribution in [0.3, 0.4) is 0 Å². The van der Waals surface area contributed by atoms with Gasteiger partial charge in [0.15, 0.2) is 0 Å². The number of aromatic nitrogens is 4. The normalized spacial score (nSPS) is 17.6. The number of likely N-dealkylation sites (N-methyl/N-ethyl adjacent to an activating group) is 1. The molecule has 3 amide bonds. The van der Waals surface area contributed by atoms with Crippen LogP contribution in [-0.2, 0) is 14.3 Å². The number of amides is 3. The number of rotatable bonds is 13. The SMILES string of the molecule is CCN(CC)C(C(=O)N1CCC[C@H]1c1ncc(-c2ccc(-c3ccc4cc(-c5cnc([C@@H]6CCCN6C(=O)[C@@H](NC(=O)OC)C(C)C)[nH]5)ccc4c3)cc2)[nH]1)c1ccccc1. The number of carbonyl (C=O) groups excluding carboxylic acids is 3. The minimum Gasteiger partial charge on any atom is -0.453 e. The molecule has 4 aromatic carbocycles. The van der Waals surface area contributed by atoms with Crippen LogP contribution in [0.15, 0.2) is 103 Å². The fourth-order valence-electron chi connectivity index (χ4n) is 9.14. The second kappa shape index (κ2) is 18.1. The largest absolute Gasteiger partial charge is 0.453 e. The molecule has 0 spiro atoms. The molecule has 0 bridgehead atoms. The number of aromatic amines is 2. The number of carbonyl (C=O) groups is 3. The molecule has 8 rings (SSSR count). The van der Waals surface area contributed by atoms with Crippen LogP contribution in [-0.4, -0.2) is 91.9 Å². The highest BCUT2D eigenvalue weighted by atomic mass is 16.5. The quantitative estimate of drug-likeness (QED) is 0.106. The third kappa shape index (κ3) is 8.54. The van der Waals surface area contributed by atoms with Gasteiger partial charge in [0.1, 0.15) is 23.7 Å². The number of benzene rings is 4. The van der Waals surface area contributed by atoms with Gasteiger partial charge in [-0.2, -0.15) is 0 Å². The zero-order valence-corrected chi connectivity index (χ0v) is 35.7. The van der Waals surface area contributed by atoms with Crippen molar-refractivity contribution in [2.45, 2.75) is 77.5 Å². The molecule has 12 nitrogen and oxygen atoms in total. The number of nitrogens with one attached hydrogen (secondary N) is 3. The van der Waals surface area contributed by atoms with Crippen LogP contribution < -0.4 is 5.32 Å².